The van der Waals surface area contributed by atoms with Crippen molar-refractivity contribution >= 4 is 0 Å². The largest absolute Gasteiger partial charge is 1.00 e. The third kappa shape index (κ3) is 3.29. The maximum atomic E-state index is 10.6. The molecule has 0 bridgehead atoms. The number of rotatable bonds is 0. The van der Waals surface area contributed by atoms with Crippen LogP contribution in [0.3, 0.4) is 0 Å². The third-order valence-corrected chi connectivity index (χ3v) is 1.55. The van der Waals surface area contributed by atoms with Crippen molar-refractivity contribution in [2.45, 2.75) is 26.2 Å². The predicted octanol–water partition coefficient (Wildman–Crippen LogP) is -1.95. The Kier molecular flexibility index (Phi) is 4.63. The van der Waals surface area contributed by atoms with Crippen molar-refractivity contribution in [3.05, 3.63) is 11.8 Å². The Labute approximate surface area is 78.4 Å². The summed E-state index contributed by atoms with van der Waals surface area (Å²) in [5.74, 6) is 0.875. The van der Waals surface area contributed by atoms with Gasteiger partial charge >= 0.3 is 29.6 Å². The van der Waals surface area contributed by atoms with Gasteiger partial charge in [0.2, 0.25) is 0 Å². The van der Waals surface area contributed by atoms with Crippen molar-refractivity contribution < 1.29 is 34.7 Å². The van der Waals surface area contributed by atoms with Gasteiger partial charge in [0.1, 0.15) is 0 Å². The van der Waals surface area contributed by atoms with Gasteiger partial charge in [-0.2, -0.15) is 0 Å². The Morgan fingerprint density at radius 2 is 2.33 bits per heavy atom. The van der Waals surface area contributed by atoms with Gasteiger partial charge in [-0.15, -0.1) is 5.76 Å². The van der Waals surface area contributed by atoms with Crippen molar-refractivity contribution in [3.63, 3.8) is 0 Å². The summed E-state index contributed by atoms with van der Waals surface area (Å²) in [7, 11) is 0. The minimum atomic E-state index is 0. The van der Waals surface area contributed by atoms with Crippen molar-refractivity contribution in [1.82, 2.24) is 0 Å². The van der Waals surface area contributed by atoms with Crippen LogP contribution in [0.1, 0.15) is 26.2 Å². The number of hydrogen-bond donors (Lipinski definition) is 0. The molecule has 1 unspecified atom stereocenters. The fourth-order valence-corrected chi connectivity index (χ4v) is 1.08. The van der Waals surface area contributed by atoms with E-state index in [0.717, 1.165) is 12.8 Å². The van der Waals surface area contributed by atoms with Crippen molar-refractivity contribution in [1.29, 1.82) is 0 Å². The normalized spacial score (nSPS) is 26.3. The zero-order valence-electron chi connectivity index (χ0n) is 6.18. The standard InChI is InChI=1S/C7H12O.Na/c1-6-3-2-4-7(8)5-6;/h5-6,8H,2-4H2,1H3;/q;+1/p-1. The van der Waals surface area contributed by atoms with Crippen LogP contribution in [0.15, 0.2) is 11.8 Å². The van der Waals surface area contributed by atoms with E-state index in [1.807, 2.05) is 6.08 Å². The van der Waals surface area contributed by atoms with Gasteiger partial charge in [0.15, 0.2) is 0 Å². The van der Waals surface area contributed by atoms with Gasteiger partial charge in [0.05, 0.1) is 0 Å². The Balaban J connectivity index is 0.000000640. The average Bonchev–Trinajstić information content (AvgIpc) is 1.64. The van der Waals surface area contributed by atoms with E-state index in [4.69, 9.17) is 0 Å². The van der Waals surface area contributed by atoms with E-state index in [0.29, 0.717) is 11.7 Å². The molecular formula is C7H11NaO. The first-order chi connectivity index (χ1) is 3.79. The first-order valence-electron chi connectivity index (χ1n) is 3.17. The SMILES string of the molecule is CC1C=C([O-])CCC1.[Na+]. The first kappa shape index (κ1) is 9.54. The molecule has 0 N–H and O–H groups in total. The molecule has 46 valence electrons. The molecule has 1 nitrogen and oxygen atoms in total. The molecule has 0 saturated carbocycles. The number of hydrogen-bond acceptors (Lipinski definition) is 1. The van der Waals surface area contributed by atoms with Gasteiger partial charge in [0, 0.05) is 0 Å². The molecule has 0 amide bonds. The number of allylic oxidation sites excluding steroid dienone is 2. The maximum Gasteiger partial charge on any atom is 1.00 e. The van der Waals surface area contributed by atoms with Crippen LogP contribution in [-0.2, 0) is 0 Å². The molecule has 0 spiro atoms. The summed E-state index contributed by atoms with van der Waals surface area (Å²) in [6, 6.07) is 0. The van der Waals surface area contributed by atoms with E-state index in [-0.39, 0.29) is 29.6 Å². The zero-order valence-corrected chi connectivity index (χ0v) is 8.18. The molecule has 0 saturated heterocycles. The maximum absolute atomic E-state index is 10.6. The van der Waals surface area contributed by atoms with E-state index < -0.39 is 0 Å². The summed E-state index contributed by atoms with van der Waals surface area (Å²) < 4.78 is 0. The fourth-order valence-electron chi connectivity index (χ4n) is 1.08. The van der Waals surface area contributed by atoms with Gasteiger partial charge in [-0.25, -0.2) is 0 Å². The van der Waals surface area contributed by atoms with Gasteiger partial charge in [-0.05, 0) is 25.2 Å². The quantitative estimate of drug-likeness (QED) is 0.353. The van der Waals surface area contributed by atoms with Gasteiger partial charge in [-0.3, -0.25) is 0 Å². The molecule has 9 heavy (non-hydrogen) atoms. The second kappa shape index (κ2) is 4.37. The van der Waals surface area contributed by atoms with Crippen LogP contribution in [0.25, 0.3) is 0 Å². The summed E-state index contributed by atoms with van der Waals surface area (Å²) in [5, 5.41) is 10.6. The second-order valence-electron chi connectivity index (χ2n) is 2.50. The first-order valence-corrected chi connectivity index (χ1v) is 3.17. The second-order valence-corrected chi connectivity index (χ2v) is 2.50. The molecule has 0 aromatic heterocycles. The predicted molar refractivity (Wildman–Crippen MR) is 31.1 cm³/mol. The van der Waals surface area contributed by atoms with E-state index in [2.05, 4.69) is 6.92 Å². The zero-order chi connectivity index (χ0) is 5.98. The van der Waals surface area contributed by atoms with Crippen molar-refractivity contribution in [3.8, 4) is 0 Å². The van der Waals surface area contributed by atoms with Gasteiger partial charge < -0.3 is 5.11 Å². The molecule has 2 heteroatoms. The van der Waals surface area contributed by atoms with Crippen LogP contribution in [0.4, 0.5) is 0 Å². The minimum Gasteiger partial charge on any atom is -0.876 e. The minimum absolute atomic E-state index is 0. The smallest absolute Gasteiger partial charge is 0.876 e. The summed E-state index contributed by atoms with van der Waals surface area (Å²) >= 11 is 0. The monoisotopic (exact) mass is 134 g/mol. The van der Waals surface area contributed by atoms with Crippen molar-refractivity contribution in [2.75, 3.05) is 0 Å². The van der Waals surface area contributed by atoms with Crippen LogP contribution < -0.4 is 34.7 Å². The van der Waals surface area contributed by atoms with E-state index in [1.165, 1.54) is 6.42 Å². The topological polar surface area (TPSA) is 23.1 Å². The molecule has 0 fully saturated rings. The van der Waals surface area contributed by atoms with E-state index >= 15 is 0 Å². The molecule has 0 heterocycles. The summed E-state index contributed by atoms with van der Waals surface area (Å²) in [6.45, 7) is 2.09. The van der Waals surface area contributed by atoms with E-state index in [1.54, 1.807) is 0 Å². The van der Waals surface area contributed by atoms with Crippen LogP contribution in [-0.4, -0.2) is 0 Å². The summed E-state index contributed by atoms with van der Waals surface area (Å²) in [6.07, 6.45) is 4.91. The molecule has 1 aliphatic rings. The Hall–Kier alpha value is 0.540. The molecule has 0 aromatic carbocycles. The van der Waals surface area contributed by atoms with Crippen LogP contribution in [0.2, 0.25) is 0 Å². The summed E-state index contributed by atoms with van der Waals surface area (Å²) in [4.78, 5) is 0. The Morgan fingerprint density at radius 1 is 1.67 bits per heavy atom. The van der Waals surface area contributed by atoms with Gasteiger partial charge in [0.25, 0.3) is 0 Å². The molecule has 0 radical (unpaired) electrons. The third-order valence-electron chi connectivity index (χ3n) is 1.55. The fraction of sp³-hybridized carbons (Fsp3) is 0.714. The average molecular weight is 134 g/mol. The molecule has 0 aromatic rings. The van der Waals surface area contributed by atoms with E-state index in [9.17, 15) is 5.11 Å². The Bertz CT molecular complexity index is 109. The van der Waals surface area contributed by atoms with Crippen LogP contribution >= 0.6 is 0 Å². The van der Waals surface area contributed by atoms with Crippen LogP contribution in [0.5, 0.6) is 0 Å². The molecule has 0 aliphatic heterocycles. The Morgan fingerprint density at radius 3 is 2.67 bits per heavy atom. The summed E-state index contributed by atoms with van der Waals surface area (Å²) in [5.41, 5.74) is 0. The molecule has 1 rings (SSSR count). The van der Waals surface area contributed by atoms with Gasteiger partial charge in [-0.1, -0.05) is 13.0 Å². The van der Waals surface area contributed by atoms with Crippen molar-refractivity contribution in [2.24, 2.45) is 5.92 Å². The van der Waals surface area contributed by atoms with Crippen LogP contribution in [0, 0.1) is 5.92 Å². The molecular weight excluding hydrogens is 123 g/mol. The molecule has 1 atom stereocenters. The molecule has 1 aliphatic carbocycles.